The van der Waals surface area contributed by atoms with Gasteiger partial charge in [0.25, 0.3) is 0 Å². The number of hydrogen-bond acceptors (Lipinski definition) is 2. The average Bonchev–Trinajstić information content (AvgIpc) is 2.41. The second-order valence-corrected chi connectivity index (χ2v) is 3.66. The Morgan fingerprint density at radius 2 is 2.27 bits per heavy atom. The predicted octanol–water partition coefficient (Wildman–Crippen LogP) is 0.173. The summed E-state index contributed by atoms with van der Waals surface area (Å²) in [4.78, 5) is 13.5. The van der Waals surface area contributed by atoms with Crippen LogP contribution in [0.25, 0.3) is 0 Å². The topological polar surface area (TPSA) is 32.3 Å². The SMILES string of the molecule is CC1CC2NCC(C)N2C1=O. The minimum absolute atomic E-state index is 0.232. The smallest absolute Gasteiger partial charge is 0.227 e. The van der Waals surface area contributed by atoms with Gasteiger partial charge in [-0.15, -0.1) is 0 Å². The molecule has 2 rings (SSSR count). The monoisotopic (exact) mass is 154 g/mol. The lowest BCUT2D eigenvalue weighted by molar-refractivity contribution is -0.132. The van der Waals surface area contributed by atoms with Crippen LogP contribution in [0.3, 0.4) is 0 Å². The van der Waals surface area contributed by atoms with Gasteiger partial charge in [-0.1, -0.05) is 6.92 Å². The average molecular weight is 154 g/mol. The molecule has 2 heterocycles. The lowest BCUT2D eigenvalue weighted by Crippen LogP contribution is -2.36. The first-order valence-corrected chi connectivity index (χ1v) is 4.25. The largest absolute Gasteiger partial charge is 0.323 e. The Bertz CT molecular complexity index is 193. The number of amides is 1. The molecule has 3 nitrogen and oxygen atoms in total. The van der Waals surface area contributed by atoms with Crippen molar-refractivity contribution >= 4 is 5.91 Å². The molecule has 2 fully saturated rings. The lowest BCUT2D eigenvalue weighted by atomic mass is 10.1. The van der Waals surface area contributed by atoms with Gasteiger partial charge in [0.15, 0.2) is 0 Å². The normalized spacial score (nSPS) is 43.3. The minimum atomic E-state index is 0.232. The van der Waals surface area contributed by atoms with Crippen molar-refractivity contribution in [1.82, 2.24) is 10.2 Å². The van der Waals surface area contributed by atoms with Crippen LogP contribution in [0.4, 0.5) is 0 Å². The fourth-order valence-corrected chi connectivity index (χ4v) is 2.07. The highest BCUT2D eigenvalue weighted by molar-refractivity contribution is 5.81. The van der Waals surface area contributed by atoms with E-state index in [2.05, 4.69) is 12.2 Å². The third kappa shape index (κ3) is 0.872. The van der Waals surface area contributed by atoms with Crippen LogP contribution >= 0.6 is 0 Å². The van der Waals surface area contributed by atoms with Crippen LogP contribution in [0, 0.1) is 5.92 Å². The molecule has 62 valence electrons. The molecule has 0 radical (unpaired) electrons. The second kappa shape index (κ2) is 2.21. The van der Waals surface area contributed by atoms with Crippen LogP contribution in [-0.4, -0.2) is 29.6 Å². The molecular formula is C8H14N2O. The molecule has 2 saturated heterocycles. The van der Waals surface area contributed by atoms with Gasteiger partial charge in [0.1, 0.15) is 0 Å². The first kappa shape index (κ1) is 7.10. The number of fused-ring (bicyclic) bond motifs is 1. The van der Waals surface area contributed by atoms with E-state index >= 15 is 0 Å². The van der Waals surface area contributed by atoms with Gasteiger partial charge in [-0.3, -0.25) is 10.1 Å². The van der Waals surface area contributed by atoms with Crippen LogP contribution in [0.1, 0.15) is 20.3 Å². The van der Waals surface area contributed by atoms with Crippen LogP contribution in [-0.2, 0) is 4.79 Å². The van der Waals surface area contributed by atoms with Gasteiger partial charge in [0.05, 0.1) is 6.17 Å². The van der Waals surface area contributed by atoms with E-state index in [4.69, 9.17) is 0 Å². The number of carbonyl (C=O) groups excluding carboxylic acids is 1. The van der Waals surface area contributed by atoms with E-state index in [9.17, 15) is 4.79 Å². The van der Waals surface area contributed by atoms with Crippen molar-refractivity contribution in [3.8, 4) is 0 Å². The zero-order valence-corrected chi connectivity index (χ0v) is 7.00. The number of carbonyl (C=O) groups is 1. The highest BCUT2D eigenvalue weighted by Gasteiger charge is 2.42. The molecular weight excluding hydrogens is 140 g/mol. The molecule has 0 bridgehead atoms. The van der Waals surface area contributed by atoms with Gasteiger partial charge in [-0.2, -0.15) is 0 Å². The molecule has 0 aromatic heterocycles. The van der Waals surface area contributed by atoms with Gasteiger partial charge in [-0.05, 0) is 13.3 Å². The Kier molecular flexibility index (Phi) is 1.42. The molecule has 3 unspecified atom stereocenters. The van der Waals surface area contributed by atoms with E-state index in [0.717, 1.165) is 13.0 Å². The molecule has 11 heavy (non-hydrogen) atoms. The number of hydrogen-bond donors (Lipinski definition) is 1. The van der Waals surface area contributed by atoms with E-state index in [-0.39, 0.29) is 5.92 Å². The van der Waals surface area contributed by atoms with Crippen molar-refractivity contribution in [2.24, 2.45) is 5.92 Å². The van der Waals surface area contributed by atoms with Gasteiger partial charge >= 0.3 is 0 Å². The Morgan fingerprint density at radius 3 is 2.91 bits per heavy atom. The van der Waals surface area contributed by atoms with Gasteiger partial charge in [0, 0.05) is 18.5 Å². The van der Waals surface area contributed by atoms with Crippen molar-refractivity contribution in [3.63, 3.8) is 0 Å². The highest BCUT2D eigenvalue weighted by Crippen LogP contribution is 2.27. The third-order valence-corrected chi connectivity index (χ3v) is 2.71. The standard InChI is InChI=1S/C8H14N2O/c1-5-3-7-9-4-6(2)10(7)8(5)11/h5-7,9H,3-4H2,1-2H3. The molecule has 0 aliphatic carbocycles. The second-order valence-electron chi connectivity index (χ2n) is 3.66. The molecule has 0 aromatic carbocycles. The number of rotatable bonds is 0. The van der Waals surface area contributed by atoms with Crippen molar-refractivity contribution < 1.29 is 4.79 Å². The van der Waals surface area contributed by atoms with Crippen LogP contribution < -0.4 is 5.32 Å². The Morgan fingerprint density at radius 1 is 1.55 bits per heavy atom. The van der Waals surface area contributed by atoms with Crippen molar-refractivity contribution in [1.29, 1.82) is 0 Å². The maximum Gasteiger partial charge on any atom is 0.227 e. The summed E-state index contributed by atoms with van der Waals surface area (Å²) in [5.41, 5.74) is 0. The summed E-state index contributed by atoms with van der Waals surface area (Å²) in [6, 6.07) is 0.400. The van der Waals surface area contributed by atoms with Crippen molar-refractivity contribution in [3.05, 3.63) is 0 Å². The highest BCUT2D eigenvalue weighted by atomic mass is 16.2. The zero-order valence-electron chi connectivity index (χ0n) is 7.00. The number of nitrogens with one attached hydrogen (secondary N) is 1. The Hall–Kier alpha value is -0.570. The summed E-state index contributed by atoms with van der Waals surface area (Å²) in [5, 5.41) is 3.33. The summed E-state index contributed by atoms with van der Waals surface area (Å²) >= 11 is 0. The molecule has 3 atom stereocenters. The third-order valence-electron chi connectivity index (χ3n) is 2.71. The van der Waals surface area contributed by atoms with E-state index in [1.54, 1.807) is 0 Å². The van der Waals surface area contributed by atoms with E-state index in [0.29, 0.717) is 18.1 Å². The fraction of sp³-hybridized carbons (Fsp3) is 0.875. The fourth-order valence-electron chi connectivity index (χ4n) is 2.07. The van der Waals surface area contributed by atoms with Crippen molar-refractivity contribution in [2.45, 2.75) is 32.5 Å². The van der Waals surface area contributed by atoms with E-state index in [1.165, 1.54) is 0 Å². The molecule has 0 spiro atoms. The predicted molar refractivity (Wildman–Crippen MR) is 41.9 cm³/mol. The molecule has 3 heteroatoms. The summed E-state index contributed by atoms with van der Waals surface area (Å²) in [6.07, 6.45) is 1.33. The maximum atomic E-state index is 11.5. The van der Waals surface area contributed by atoms with Crippen molar-refractivity contribution in [2.75, 3.05) is 6.54 Å². The van der Waals surface area contributed by atoms with Crippen LogP contribution in [0.5, 0.6) is 0 Å². The summed E-state index contributed by atoms with van der Waals surface area (Å²) in [6.45, 7) is 5.07. The van der Waals surface area contributed by atoms with Gasteiger partial charge in [-0.25, -0.2) is 0 Å². The molecule has 0 saturated carbocycles. The first-order valence-electron chi connectivity index (χ1n) is 4.25. The summed E-state index contributed by atoms with van der Waals surface area (Å²) in [5.74, 6) is 0.558. The molecule has 1 N–H and O–H groups in total. The molecule has 2 aliphatic heterocycles. The molecule has 0 aromatic rings. The first-order chi connectivity index (χ1) is 5.20. The number of nitrogens with zero attached hydrogens (tertiary/aromatic N) is 1. The van der Waals surface area contributed by atoms with Crippen LogP contribution in [0.2, 0.25) is 0 Å². The molecule has 2 aliphatic rings. The van der Waals surface area contributed by atoms with Gasteiger partial charge < -0.3 is 4.90 Å². The molecule has 1 amide bonds. The van der Waals surface area contributed by atoms with Crippen LogP contribution in [0.15, 0.2) is 0 Å². The van der Waals surface area contributed by atoms with E-state index < -0.39 is 0 Å². The Labute approximate surface area is 66.8 Å². The lowest BCUT2D eigenvalue weighted by Gasteiger charge is -2.19. The Balaban J connectivity index is 2.20. The zero-order chi connectivity index (χ0) is 8.01. The minimum Gasteiger partial charge on any atom is -0.323 e. The summed E-state index contributed by atoms with van der Waals surface area (Å²) < 4.78 is 0. The summed E-state index contributed by atoms with van der Waals surface area (Å²) in [7, 11) is 0. The van der Waals surface area contributed by atoms with E-state index in [1.807, 2.05) is 11.8 Å². The van der Waals surface area contributed by atoms with Gasteiger partial charge in [0.2, 0.25) is 5.91 Å². The quantitative estimate of drug-likeness (QED) is 0.539. The maximum absolute atomic E-state index is 11.5.